The first kappa shape index (κ1) is 20.4. The number of benzene rings is 3. The molecule has 32 heavy (non-hydrogen) atoms. The van der Waals surface area contributed by atoms with Crippen LogP contribution in [0.25, 0.3) is 11.5 Å². The van der Waals surface area contributed by atoms with Gasteiger partial charge in [0.15, 0.2) is 11.5 Å². The minimum atomic E-state index is -3.96. The van der Waals surface area contributed by atoms with Crippen molar-refractivity contribution in [3.63, 3.8) is 0 Å². The first-order valence-corrected chi connectivity index (χ1v) is 11.6. The van der Waals surface area contributed by atoms with Crippen LogP contribution in [0, 0.1) is 0 Å². The molecular weight excluding hydrogens is 452 g/mol. The summed E-state index contributed by atoms with van der Waals surface area (Å²) in [7, 11) is -3.96. The normalized spacial score (nSPS) is 12.7. The summed E-state index contributed by atoms with van der Waals surface area (Å²) in [4.78, 5) is 4.40. The summed E-state index contributed by atoms with van der Waals surface area (Å²) >= 11 is 5.92. The fraction of sp³-hybridized carbons (Fsp3) is 0.0870. The number of halogens is 1. The molecule has 9 heteroatoms. The van der Waals surface area contributed by atoms with E-state index in [1.165, 1.54) is 24.3 Å². The van der Waals surface area contributed by atoms with Gasteiger partial charge in [-0.25, -0.2) is 8.42 Å². The molecule has 0 aliphatic carbocycles. The van der Waals surface area contributed by atoms with E-state index in [0.29, 0.717) is 28.6 Å². The van der Waals surface area contributed by atoms with Gasteiger partial charge in [-0.15, -0.1) is 0 Å². The Kier molecular flexibility index (Phi) is 5.24. The van der Waals surface area contributed by atoms with E-state index in [9.17, 15) is 8.42 Å². The van der Waals surface area contributed by atoms with Gasteiger partial charge in [-0.3, -0.25) is 0 Å². The van der Waals surface area contributed by atoms with Gasteiger partial charge in [-0.2, -0.15) is 4.98 Å². The summed E-state index contributed by atoms with van der Waals surface area (Å²) in [6.07, 6.45) is 0. The lowest BCUT2D eigenvalue weighted by Gasteiger charge is -2.07. The standard InChI is InChI=1S/C23H17ClN2O5S/c24-17-7-9-18(10-8-17)32(27,28)23-22(31-21(26-23)16-4-2-1-3-5-16)25-13-15-6-11-19-20(12-15)30-14-29-19/h1-12,25H,13-14H2. The molecule has 3 aromatic carbocycles. The fourth-order valence-corrected chi connectivity index (χ4v) is 4.67. The second kappa shape index (κ2) is 8.22. The van der Waals surface area contributed by atoms with E-state index in [-0.39, 0.29) is 28.5 Å². The molecule has 0 fully saturated rings. The van der Waals surface area contributed by atoms with Crippen LogP contribution in [-0.2, 0) is 16.4 Å². The monoisotopic (exact) mass is 468 g/mol. The van der Waals surface area contributed by atoms with Crippen LogP contribution in [0.5, 0.6) is 11.5 Å². The number of fused-ring (bicyclic) bond motifs is 1. The Morgan fingerprint density at radius 3 is 2.47 bits per heavy atom. The van der Waals surface area contributed by atoms with Gasteiger partial charge in [0, 0.05) is 17.1 Å². The van der Waals surface area contributed by atoms with E-state index in [4.69, 9.17) is 25.5 Å². The van der Waals surface area contributed by atoms with Gasteiger partial charge in [-0.1, -0.05) is 35.9 Å². The summed E-state index contributed by atoms with van der Waals surface area (Å²) in [5.41, 5.74) is 1.53. The first-order valence-electron chi connectivity index (χ1n) is 9.70. The predicted molar refractivity (Wildman–Crippen MR) is 119 cm³/mol. The van der Waals surface area contributed by atoms with E-state index in [0.717, 1.165) is 5.56 Å². The Morgan fingerprint density at radius 2 is 1.69 bits per heavy atom. The van der Waals surface area contributed by atoms with Gasteiger partial charge in [-0.05, 0) is 54.1 Å². The lowest BCUT2D eigenvalue weighted by molar-refractivity contribution is 0.174. The third kappa shape index (κ3) is 3.90. The Morgan fingerprint density at radius 1 is 0.938 bits per heavy atom. The number of sulfone groups is 1. The predicted octanol–water partition coefficient (Wildman–Crippen LogP) is 5.17. The molecule has 0 spiro atoms. The van der Waals surface area contributed by atoms with Crippen molar-refractivity contribution in [1.29, 1.82) is 0 Å². The molecule has 0 amide bonds. The number of nitrogens with one attached hydrogen (secondary N) is 1. The van der Waals surface area contributed by atoms with Crippen LogP contribution in [0.15, 0.2) is 87.1 Å². The maximum atomic E-state index is 13.3. The highest BCUT2D eigenvalue weighted by atomic mass is 35.5. The summed E-state index contributed by atoms with van der Waals surface area (Å²) in [5, 5.41) is 3.31. The van der Waals surface area contributed by atoms with Crippen molar-refractivity contribution in [2.45, 2.75) is 16.5 Å². The minimum absolute atomic E-state index is 0.0523. The van der Waals surface area contributed by atoms with Crippen molar-refractivity contribution in [3.05, 3.63) is 83.4 Å². The Hall–Kier alpha value is -3.49. The lowest BCUT2D eigenvalue weighted by Crippen LogP contribution is -2.07. The van der Waals surface area contributed by atoms with Crippen LogP contribution >= 0.6 is 11.6 Å². The molecule has 162 valence electrons. The van der Waals surface area contributed by atoms with Gasteiger partial charge in [0.25, 0.3) is 0 Å². The Bertz CT molecular complexity index is 1370. The van der Waals surface area contributed by atoms with Crippen molar-refractivity contribution in [2.75, 3.05) is 12.1 Å². The van der Waals surface area contributed by atoms with Crippen LogP contribution < -0.4 is 14.8 Å². The topological polar surface area (TPSA) is 90.7 Å². The zero-order valence-electron chi connectivity index (χ0n) is 16.6. The highest BCUT2D eigenvalue weighted by Crippen LogP contribution is 2.35. The van der Waals surface area contributed by atoms with Crippen LogP contribution in [0.1, 0.15) is 5.56 Å². The van der Waals surface area contributed by atoms with Crippen LogP contribution in [0.3, 0.4) is 0 Å². The molecule has 5 rings (SSSR count). The van der Waals surface area contributed by atoms with Gasteiger partial charge >= 0.3 is 0 Å². The van der Waals surface area contributed by atoms with Crippen molar-refractivity contribution in [2.24, 2.45) is 0 Å². The summed E-state index contributed by atoms with van der Waals surface area (Å²) < 4.78 is 43.3. The molecule has 0 saturated heterocycles. The Labute approximate surface area is 189 Å². The van der Waals surface area contributed by atoms with E-state index < -0.39 is 9.84 Å². The summed E-state index contributed by atoms with van der Waals surface area (Å²) in [6.45, 7) is 0.474. The maximum absolute atomic E-state index is 13.3. The molecular formula is C23H17ClN2O5S. The van der Waals surface area contributed by atoms with Gasteiger partial charge in [0.2, 0.25) is 33.4 Å². The molecule has 2 heterocycles. The van der Waals surface area contributed by atoms with E-state index in [1.807, 2.05) is 30.3 Å². The zero-order chi connectivity index (χ0) is 22.1. The SMILES string of the molecule is O=S(=O)(c1ccc(Cl)cc1)c1nc(-c2ccccc2)oc1NCc1ccc2c(c1)OCO2. The van der Waals surface area contributed by atoms with Crippen LogP contribution in [0.4, 0.5) is 5.88 Å². The van der Waals surface area contributed by atoms with Crippen molar-refractivity contribution in [3.8, 4) is 23.0 Å². The number of oxazole rings is 1. The number of ether oxygens (including phenoxy) is 2. The molecule has 1 N–H and O–H groups in total. The highest BCUT2D eigenvalue weighted by molar-refractivity contribution is 7.91. The Balaban J connectivity index is 1.51. The van der Waals surface area contributed by atoms with Crippen molar-refractivity contribution >= 4 is 27.3 Å². The van der Waals surface area contributed by atoms with Gasteiger partial charge in [0.05, 0.1) is 4.90 Å². The molecule has 4 aromatic rings. The third-order valence-electron chi connectivity index (χ3n) is 4.89. The van der Waals surface area contributed by atoms with Crippen LogP contribution in [0.2, 0.25) is 5.02 Å². The molecule has 0 unspecified atom stereocenters. The van der Waals surface area contributed by atoms with Crippen LogP contribution in [-0.4, -0.2) is 20.2 Å². The first-order chi connectivity index (χ1) is 15.5. The zero-order valence-corrected chi connectivity index (χ0v) is 18.2. The summed E-state index contributed by atoms with van der Waals surface area (Å²) in [6, 6.07) is 20.5. The maximum Gasteiger partial charge on any atom is 0.234 e. The van der Waals surface area contributed by atoms with Crippen molar-refractivity contribution < 1.29 is 22.3 Å². The molecule has 1 aromatic heterocycles. The lowest BCUT2D eigenvalue weighted by atomic mass is 10.2. The van der Waals surface area contributed by atoms with Gasteiger partial charge in [0.1, 0.15) is 0 Å². The van der Waals surface area contributed by atoms with Crippen molar-refractivity contribution in [1.82, 2.24) is 4.98 Å². The molecule has 0 atom stereocenters. The number of nitrogens with zero attached hydrogens (tertiary/aromatic N) is 1. The molecule has 0 saturated carbocycles. The smallest absolute Gasteiger partial charge is 0.234 e. The number of aromatic nitrogens is 1. The average Bonchev–Trinajstić information content (AvgIpc) is 3.46. The number of hydrogen-bond acceptors (Lipinski definition) is 7. The molecule has 7 nitrogen and oxygen atoms in total. The number of rotatable bonds is 6. The highest BCUT2D eigenvalue weighted by Gasteiger charge is 2.28. The van der Waals surface area contributed by atoms with E-state index >= 15 is 0 Å². The quantitative estimate of drug-likeness (QED) is 0.417. The summed E-state index contributed by atoms with van der Waals surface area (Å²) in [5.74, 6) is 1.56. The van der Waals surface area contributed by atoms with E-state index in [2.05, 4.69) is 10.3 Å². The molecule has 0 radical (unpaired) electrons. The minimum Gasteiger partial charge on any atom is -0.454 e. The molecule has 0 bridgehead atoms. The third-order valence-corrected chi connectivity index (χ3v) is 6.82. The largest absolute Gasteiger partial charge is 0.454 e. The molecule has 1 aliphatic rings. The van der Waals surface area contributed by atoms with Gasteiger partial charge < -0.3 is 19.2 Å². The number of hydrogen-bond donors (Lipinski definition) is 1. The average molecular weight is 469 g/mol. The fourth-order valence-electron chi connectivity index (χ4n) is 3.26. The second-order valence-corrected chi connectivity index (χ2v) is 9.32. The second-order valence-electron chi connectivity index (χ2n) is 7.02. The van der Waals surface area contributed by atoms with E-state index in [1.54, 1.807) is 18.2 Å². The number of anilines is 1. The molecule has 1 aliphatic heterocycles.